The van der Waals surface area contributed by atoms with E-state index in [0.29, 0.717) is 0 Å². The van der Waals surface area contributed by atoms with Gasteiger partial charge in [-0.1, -0.05) is 81.9 Å². The van der Waals surface area contributed by atoms with Crippen molar-refractivity contribution >= 4 is 81.3 Å². The van der Waals surface area contributed by atoms with E-state index in [1.165, 1.54) is 185 Å². The average molecular weight is 661 g/mol. The first-order valence-corrected chi connectivity index (χ1v) is 23.9. The fourth-order valence-electron chi connectivity index (χ4n) is 4.09. The number of rotatable bonds is 35. The van der Waals surface area contributed by atoms with E-state index < -0.39 is 0 Å². The van der Waals surface area contributed by atoms with E-state index in [-0.39, 0.29) is 0 Å². The molecule has 0 heterocycles. The predicted octanol–water partition coefficient (Wildman–Crippen LogP) is 12.7. The van der Waals surface area contributed by atoms with Gasteiger partial charge in [0.05, 0.1) is 0 Å². The van der Waals surface area contributed by atoms with Crippen LogP contribution >= 0.6 is 81.3 Å². The van der Waals surface area contributed by atoms with Gasteiger partial charge in [-0.25, -0.2) is 0 Å². The quantitative estimate of drug-likeness (QED) is 0.0405. The molecule has 0 saturated carbocycles. The Bertz CT molecular complexity index is 362. The largest absolute Gasteiger partial charge is 0.162 e. The van der Waals surface area contributed by atoms with Crippen molar-refractivity contribution in [2.45, 2.75) is 129 Å². The second kappa shape index (κ2) is 39.5. The Kier molecular flexibility index (Phi) is 42.0. The number of thiol groups is 1. The smallest absolute Gasteiger partial charge is 0.00423 e. The third kappa shape index (κ3) is 38.5. The van der Waals surface area contributed by atoms with E-state index in [9.17, 15) is 0 Å². The van der Waals surface area contributed by atoms with Gasteiger partial charge in [0, 0.05) is 5.75 Å². The molecule has 230 valence electrons. The van der Waals surface area contributed by atoms with Gasteiger partial charge in [-0.05, 0) is 115 Å². The zero-order chi connectivity index (χ0) is 27.5. The van der Waals surface area contributed by atoms with E-state index in [2.05, 4.69) is 77.4 Å². The molecule has 0 atom stereocenters. The lowest BCUT2D eigenvalue weighted by molar-refractivity contribution is 0.659. The van der Waals surface area contributed by atoms with Crippen LogP contribution < -0.4 is 0 Å². The lowest BCUT2D eigenvalue weighted by atomic mass is 10.2. The molecule has 0 aliphatic carbocycles. The standard InChI is InChI=1S/C31H64S7/c1-2-3-4-5-12-21-33-22-13-6-7-14-23-34-24-15-8-9-16-25-35-28-19-29-36-26-17-10-11-18-27-37-30-20-31-38-32/h32H,2-31H2,1H3. The number of hydrogen-bond acceptors (Lipinski definition) is 7. The van der Waals surface area contributed by atoms with Crippen LogP contribution in [0.5, 0.6) is 0 Å². The van der Waals surface area contributed by atoms with Crippen LogP contribution in [0.3, 0.4) is 0 Å². The molecule has 0 unspecified atom stereocenters. The summed E-state index contributed by atoms with van der Waals surface area (Å²) in [5.74, 6) is 15.0. The minimum absolute atomic E-state index is 1.20. The Morgan fingerprint density at radius 1 is 0.289 bits per heavy atom. The van der Waals surface area contributed by atoms with E-state index in [0.717, 1.165) is 0 Å². The lowest BCUT2D eigenvalue weighted by Gasteiger charge is -2.05. The summed E-state index contributed by atoms with van der Waals surface area (Å²) in [4.78, 5) is 0. The molecule has 0 aliphatic rings. The van der Waals surface area contributed by atoms with Gasteiger partial charge in [0.25, 0.3) is 0 Å². The molecule has 0 fully saturated rings. The van der Waals surface area contributed by atoms with Crippen molar-refractivity contribution in [3.63, 3.8) is 0 Å². The van der Waals surface area contributed by atoms with Gasteiger partial charge in [-0.3, -0.25) is 0 Å². The summed E-state index contributed by atoms with van der Waals surface area (Å²) >= 11 is 15.1. The van der Waals surface area contributed by atoms with Gasteiger partial charge >= 0.3 is 0 Å². The Morgan fingerprint density at radius 2 is 0.526 bits per heavy atom. The minimum atomic E-state index is 1.20. The van der Waals surface area contributed by atoms with Crippen molar-refractivity contribution in [1.29, 1.82) is 0 Å². The van der Waals surface area contributed by atoms with E-state index in [1.807, 2.05) is 0 Å². The fourth-order valence-corrected chi connectivity index (χ4v) is 10.0. The van der Waals surface area contributed by atoms with Gasteiger partial charge in [-0.15, -0.1) is 11.7 Å². The summed E-state index contributed by atoms with van der Waals surface area (Å²) in [7, 11) is 1.67. The topological polar surface area (TPSA) is 0 Å². The van der Waals surface area contributed by atoms with Crippen LogP contribution in [-0.2, 0) is 0 Å². The van der Waals surface area contributed by atoms with Crippen LogP contribution in [0, 0.1) is 0 Å². The van der Waals surface area contributed by atoms with Crippen molar-refractivity contribution in [2.24, 2.45) is 0 Å². The molecule has 0 rings (SSSR count). The van der Waals surface area contributed by atoms with Crippen molar-refractivity contribution in [2.75, 3.05) is 63.3 Å². The molecule has 0 aromatic carbocycles. The monoisotopic (exact) mass is 660 g/mol. The number of thioether (sulfide) groups is 5. The summed E-state index contributed by atoms with van der Waals surface area (Å²) in [6, 6.07) is 0. The van der Waals surface area contributed by atoms with E-state index in [1.54, 1.807) is 10.8 Å². The Balaban J connectivity index is 3.01. The second-order valence-corrected chi connectivity index (χ2v) is 17.8. The summed E-state index contributed by atoms with van der Waals surface area (Å²) in [5, 5.41) is 0. The van der Waals surface area contributed by atoms with Crippen LogP contribution in [0.2, 0.25) is 0 Å². The summed E-state index contributed by atoms with van der Waals surface area (Å²) in [5.41, 5.74) is 0. The highest BCUT2D eigenvalue weighted by molar-refractivity contribution is 8.68. The van der Waals surface area contributed by atoms with Crippen molar-refractivity contribution < 1.29 is 0 Å². The number of unbranched alkanes of at least 4 members (excludes halogenated alkanes) is 13. The zero-order valence-corrected chi connectivity index (χ0v) is 30.9. The van der Waals surface area contributed by atoms with Gasteiger partial charge in [-0.2, -0.15) is 58.8 Å². The average Bonchev–Trinajstić information content (AvgIpc) is 2.93. The van der Waals surface area contributed by atoms with Gasteiger partial charge in [0.1, 0.15) is 0 Å². The van der Waals surface area contributed by atoms with Crippen molar-refractivity contribution in [3.05, 3.63) is 0 Å². The first kappa shape index (κ1) is 40.5. The summed E-state index contributed by atoms with van der Waals surface area (Å²) in [6.45, 7) is 2.30. The maximum atomic E-state index is 4.19. The highest BCUT2D eigenvalue weighted by Crippen LogP contribution is 2.17. The number of hydrogen-bond donors (Lipinski definition) is 1. The van der Waals surface area contributed by atoms with Crippen molar-refractivity contribution in [1.82, 2.24) is 0 Å². The van der Waals surface area contributed by atoms with Crippen LogP contribution in [0.1, 0.15) is 129 Å². The molecule has 38 heavy (non-hydrogen) atoms. The molecule has 0 aromatic heterocycles. The van der Waals surface area contributed by atoms with Gasteiger partial charge in [0.2, 0.25) is 0 Å². The first-order chi connectivity index (χ1) is 18.9. The predicted molar refractivity (Wildman–Crippen MR) is 201 cm³/mol. The molecular formula is C31H64S7. The Hall–Kier alpha value is 2.45. The molecular weight excluding hydrogens is 597 g/mol. The highest BCUT2D eigenvalue weighted by atomic mass is 33.1. The lowest BCUT2D eigenvalue weighted by Crippen LogP contribution is -1.91. The molecule has 0 bridgehead atoms. The van der Waals surface area contributed by atoms with Crippen LogP contribution in [0.15, 0.2) is 0 Å². The second-order valence-electron chi connectivity index (χ2n) is 10.3. The van der Waals surface area contributed by atoms with E-state index in [4.69, 9.17) is 0 Å². The zero-order valence-electron chi connectivity index (χ0n) is 25.1. The van der Waals surface area contributed by atoms with Crippen LogP contribution in [0.4, 0.5) is 0 Å². The summed E-state index contributed by atoms with van der Waals surface area (Å²) in [6.07, 6.45) is 27.1. The molecule has 0 nitrogen and oxygen atoms in total. The summed E-state index contributed by atoms with van der Waals surface area (Å²) < 4.78 is 0. The van der Waals surface area contributed by atoms with Crippen molar-refractivity contribution in [3.8, 4) is 0 Å². The van der Waals surface area contributed by atoms with E-state index >= 15 is 0 Å². The molecule has 0 spiro atoms. The molecule has 0 N–H and O–H groups in total. The molecule has 0 aliphatic heterocycles. The minimum Gasteiger partial charge on any atom is -0.162 e. The molecule has 0 radical (unpaired) electrons. The first-order valence-electron chi connectivity index (χ1n) is 16.1. The maximum Gasteiger partial charge on any atom is 0.00423 e. The molecule has 7 heteroatoms. The molecule has 0 aromatic rings. The Morgan fingerprint density at radius 3 is 0.789 bits per heavy atom. The SMILES string of the molecule is CCCCCCCSCCCCCCSCCCCCCSCCCSCCCCCCSCCCSS. The van der Waals surface area contributed by atoms with Gasteiger partial charge in [0.15, 0.2) is 0 Å². The van der Waals surface area contributed by atoms with Crippen LogP contribution in [-0.4, -0.2) is 63.3 Å². The fraction of sp³-hybridized carbons (Fsp3) is 1.00. The van der Waals surface area contributed by atoms with Gasteiger partial charge < -0.3 is 0 Å². The maximum absolute atomic E-state index is 4.19. The third-order valence-corrected chi connectivity index (χ3v) is 13.3. The van der Waals surface area contributed by atoms with Crippen LogP contribution in [0.25, 0.3) is 0 Å². The molecule has 0 saturated heterocycles. The third-order valence-electron chi connectivity index (χ3n) is 6.48. The highest BCUT2D eigenvalue weighted by Gasteiger charge is 1.97. The normalized spacial score (nSPS) is 11.5. The Labute approximate surface area is 271 Å². The molecule has 0 amide bonds.